The van der Waals surface area contributed by atoms with Gasteiger partial charge in [-0.1, -0.05) is 18.2 Å². The van der Waals surface area contributed by atoms with Crippen LogP contribution in [0.5, 0.6) is 5.75 Å². The van der Waals surface area contributed by atoms with Gasteiger partial charge in [-0.3, -0.25) is 4.79 Å². The molecular formula is C22H26ClFN2O2. The number of nitrogens with zero attached hydrogens (tertiary/aromatic N) is 1. The van der Waals surface area contributed by atoms with Crippen molar-refractivity contribution in [1.82, 2.24) is 10.2 Å². The fourth-order valence-electron chi connectivity index (χ4n) is 4.12. The third-order valence-corrected chi connectivity index (χ3v) is 5.68. The minimum absolute atomic E-state index is 0. The zero-order valence-corrected chi connectivity index (χ0v) is 16.6. The van der Waals surface area contributed by atoms with Crippen LogP contribution in [-0.4, -0.2) is 37.0 Å². The highest BCUT2D eigenvalue weighted by atomic mass is 35.5. The second kappa shape index (κ2) is 9.39. The highest BCUT2D eigenvalue weighted by molar-refractivity contribution is 5.94. The summed E-state index contributed by atoms with van der Waals surface area (Å²) in [5.41, 5.74) is 1.60. The Kier molecular flexibility index (Phi) is 6.92. The predicted octanol–water partition coefficient (Wildman–Crippen LogP) is 3.90. The third kappa shape index (κ3) is 4.83. The summed E-state index contributed by atoms with van der Waals surface area (Å²) in [7, 11) is 0. The van der Waals surface area contributed by atoms with Gasteiger partial charge in [0.15, 0.2) is 0 Å². The van der Waals surface area contributed by atoms with E-state index in [1.54, 1.807) is 12.1 Å². The van der Waals surface area contributed by atoms with Crippen LogP contribution in [0.25, 0.3) is 0 Å². The number of likely N-dealkylation sites (tertiary alicyclic amines) is 1. The first-order chi connectivity index (χ1) is 13.2. The van der Waals surface area contributed by atoms with Gasteiger partial charge in [0.25, 0.3) is 5.91 Å². The molecule has 0 aliphatic carbocycles. The van der Waals surface area contributed by atoms with E-state index < -0.39 is 0 Å². The first-order valence-corrected chi connectivity index (χ1v) is 9.66. The van der Waals surface area contributed by atoms with Crippen molar-refractivity contribution in [2.45, 2.75) is 19.4 Å². The fraction of sp³-hybridized carbons (Fsp3) is 0.409. The van der Waals surface area contributed by atoms with Crippen molar-refractivity contribution in [3.8, 4) is 5.75 Å². The van der Waals surface area contributed by atoms with Gasteiger partial charge in [-0.15, -0.1) is 12.4 Å². The lowest BCUT2D eigenvalue weighted by Gasteiger charge is -2.21. The lowest BCUT2D eigenvalue weighted by atomic mass is 9.92. The molecule has 2 aliphatic rings. The van der Waals surface area contributed by atoms with E-state index in [2.05, 4.69) is 5.32 Å². The molecule has 2 aromatic rings. The lowest BCUT2D eigenvalue weighted by Crippen LogP contribution is -2.32. The molecule has 0 unspecified atom stereocenters. The molecule has 2 fully saturated rings. The van der Waals surface area contributed by atoms with Crippen molar-refractivity contribution >= 4 is 18.3 Å². The van der Waals surface area contributed by atoms with Crippen molar-refractivity contribution in [3.05, 3.63) is 65.5 Å². The number of halogens is 2. The Hall–Kier alpha value is -2.11. The second-order valence-corrected chi connectivity index (χ2v) is 7.49. The van der Waals surface area contributed by atoms with Gasteiger partial charge in [0, 0.05) is 24.7 Å². The predicted molar refractivity (Wildman–Crippen MR) is 109 cm³/mol. The van der Waals surface area contributed by atoms with Gasteiger partial charge in [0.2, 0.25) is 0 Å². The summed E-state index contributed by atoms with van der Waals surface area (Å²) in [6.45, 7) is 4.12. The number of hydrogen-bond donors (Lipinski definition) is 1. The molecule has 0 radical (unpaired) electrons. The number of carbonyl (C=O) groups excluding carboxylic acids is 1. The van der Waals surface area contributed by atoms with E-state index in [0.29, 0.717) is 29.8 Å². The summed E-state index contributed by atoms with van der Waals surface area (Å²) < 4.78 is 18.9. The quantitative estimate of drug-likeness (QED) is 0.840. The molecule has 4 nitrogen and oxygen atoms in total. The van der Waals surface area contributed by atoms with Crippen molar-refractivity contribution in [1.29, 1.82) is 0 Å². The number of benzene rings is 2. The van der Waals surface area contributed by atoms with E-state index in [4.69, 9.17) is 4.74 Å². The van der Waals surface area contributed by atoms with Crippen molar-refractivity contribution in [3.63, 3.8) is 0 Å². The van der Waals surface area contributed by atoms with Crippen LogP contribution in [0.15, 0.2) is 48.5 Å². The molecule has 28 heavy (non-hydrogen) atoms. The van der Waals surface area contributed by atoms with Crippen LogP contribution in [0.1, 0.15) is 28.8 Å². The molecule has 1 N–H and O–H groups in total. The van der Waals surface area contributed by atoms with Crippen molar-refractivity contribution in [2.24, 2.45) is 11.8 Å². The van der Waals surface area contributed by atoms with Gasteiger partial charge in [-0.05, 0) is 67.6 Å². The number of nitrogens with one attached hydrogen (secondary N) is 1. The van der Waals surface area contributed by atoms with Crippen LogP contribution in [0.3, 0.4) is 0 Å². The molecule has 0 saturated carbocycles. The second-order valence-electron chi connectivity index (χ2n) is 7.49. The number of hydrogen-bond acceptors (Lipinski definition) is 3. The summed E-state index contributed by atoms with van der Waals surface area (Å²) in [5, 5.41) is 3.47. The summed E-state index contributed by atoms with van der Waals surface area (Å²) in [5.74, 6) is 1.66. The molecule has 6 heteroatoms. The van der Waals surface area contributed by atoms with E-state index in [-0.39, 0.29) is 24.1 Å². The summed E-state index contributed by atoms with van der Waals surface area (Å²) in [4.78, 5) is 15.0. The Morgan fingerprint density at radius 2 is 1.79 bits per heavy atom. The Balaban J connectivity index is 0.00000225. The minimum Gasteiger partial charge on any atom is -0.489 e. The maximum absolute atomic E-state index is 13.3. The number of fused-ring (bicyclic) bond motifs is 1. The fourth-order valence-corrected chi connectivity index (χ4v) is 4.12. The molecule has 2 atom stereocenters. The van der Waals surface area contributed by atoms with Gasteiger partial charge in [-0.2, -0.15) is 0 Å². The number of amides is 1. The smallest absolute Gasteiger partial charge is 0.253 e. The average molecular weight is 405 g/mol. The minimum atomic E-state index is -0.322. The molecule has 0 aromatic heterocycles. The first-order valence-electron chi connectivity index (χ1n) is 9.66. The number of rotatable bonds is 4. The average Bonchev–Trinajstić information content (AvgIpc) is 3.04. The van der Waals surface area contributed by atoms with Crippen molar-refractivity contribution in [2.75, 3.05) is 26.2 Å². The maximum Gasteiger partial charge on any atom is 0.253 e. The third-order valence-electron chi connectivity index (χ3n) is 5.68. The van der Waals surface area contributed by atoms with Crippen LogP contribution in [-0.2, 0) is 6.61 Å². The van der Waals surface area contributed by atoms with Crippen molar-refractivity contribution < 1.29 is 13.9 Å². The van der Waals surface area contributed by atoms with Crippen LogP contribution in [0, 0.1) is 17.7 Å². The Labute approximate surface area is 171 Å². The van der Waals surface area contributed by atoms with Gasteiger partial charge in [0.05, 0.1) is 0 Å². The van der Waals surface area contributed by atoms with E-state index >= 15 is 0 Å². The van der Waals surface area contributed by atoms with E-state index in [1.165, 1.54) is 12.1 Å². The maximum atomic E-state index is 13.3. The topological polar surface area (TPSA) is 41.6 Å². The zero-order valence-electron chi connectivity index (χ0n) is 15.8. The lowest BCUT2D eigenvalue weighted by molar-refractivity contribution is 0.0758. The highest BCUT2D eigenvalue weighted by Crippen LogP contribution is 2.27. The van der Waals surface area contributed by atoms with Crippen LogP contribution >= 0.6 is 12.4 Å². The Morgan fingerprint density at radius 3 is 2.50 bits per heavy atom. The normalized spacial score (nSPS) is 21.4. The molecular weight excluding hydrogens is 379 g/mol. The molecule has 2 aromatic carbocycles. The monoisotopic (exact) mass is 404 g/mol. The van der Waals surface area contributed by atoms with Gasteiger partial charge < -0.3 is 15.0 Å². The first kappa shape index (κ1) is 20.6. The van der Waals surface area contributed by atoms with E-state index in [0.717, 1.165) is 44.6 Å². The molecule has 0 bridgehead atoms. The standard InChI is InChI=1S/C22H25FN2O2.ClH/c23-20-5-2-6-21(12-20)27-15-16-3-1-4-17(11-16)22(26)25-9-7-18-13-24-14-19(18)8-10-25;/h1-6,11-12,18-19,24H,7-10,13-15H2;1H/t18-,19+;. The Bertz CT molecular complexity index is 803. The Morgan fingerprint density at radius 1 is 1.07 bits per heavy atom. The van der Waals surface area contributed by atoms with Gasteiger partial charge in [0.1, 0.15) is 18.2 Å². The highest BCUT2D eigenvalue weighted by Gasteiger charge is 2.31. The number of carbonyl (C=O) groups is 1. The van der Waals surface area contributed by atoms with Gasteiger partial charge >= 0.3 is 0 Å². The molecule has 0 spiro atoms. The largest absolute Gasteiger partial charge is 0.489 e. The summed E-state index contributed by atoms with van der Waals surface area (Å²) in [6.07, 6.45) is 2.15. The molecule has 2 aliphatic heterocycles. The van der Waals surface area contributed by atoms with E-state index in [1.807, 2.05) is 29.2 Å². The summed E-state index contributed by atoms with van der Waals surface area (Å²) in [6, 6.07) is 13.6. The van der Waals surface area contributed by atoms with Crippen LogP contribution < -0.4 is 10.1 Å². The van der Waals surface area contributed by atoms with Crippen LogP contribution in [0.2, 0.25) is 0 Å². The molecule has 2 heterocycles. The van der Waals surface area contributed by atoms with E-state index in [9.17, 15) is 9.18 Å². The molecule has 1 amide bonds. The SMILES string of the molecule is Cl.O=C(c1cccc(COc2cccc(F)c2)c1)N1CC[C@@H]2CNC[C@@H]2CC1. The molecule has 150 valence electrons. The number of ether oxygens (including phenoxy) is 1. The zero-order chi connectivity index (χ0) is 18.6. The van der Waals surface area contributed by atoms with Crippen LogP contribution in [0.4, 0.5) is 4.39 Å². The molecule has 2 saturated heterocycles. The van der Waals surface area contributed by atoms with Gasteiger partial charge in [-0.25, -0.2) is 4.39 Å². The molecule has 4 rings (SSSR count). The summed E-state index contributed by atoms with van der Waals surface area (Å²) >= 11 is 0.